The van der Waals surface area contributed by atoms with Crippen LogP contribution in [0.25, 0.3) is 0 Å². The number of hydrogen-bond acceptors (Lipinski definition) is 2. The minimum absolute atomic E-state index is 0.722. The molecule has 1 aromatic carbocycles. The molecule has 0 radical (unpaired) electrons. The maximum absolute atomic E-state index is 4.17. The molecule has 0 N–H and O–H groups in total. The highest BCUT2D eigenvalue weighted by atomic mass is 15.2. The van der Waals surface area contributed by atoms with Crippen LogP contribution < -0.4 is 4.90 Å². The van der Waals surface area contributed by atoms with E-state index in [1.165, 1.54) is 11.3 Å². The van der Waals surface area contributed by atoms with Gasteiger partial charge in [-0.25, -0.2) is 0 Å². The van der Waals surface area contributed by atoms with Crippen molar-refractivity contribution in [3.8, 4) is 0 Å². The van der Waals surface area contributed by atoms with Gasteiger partial charge >= 0.3 is 0 Å². The number of nitrogens with zero attached hydrogens (tertiary/aromatic N) is 2. The first-order valence-electron chi connectivity index (χ1n) is 4.36. The van der Waals surface area contributed by atoms with Gasteiger partial charge in [0.05, 0.1) is 0 Å². The molecule has 1 heterocycles. The zero-order valence-corrected chi connectivity index (χ0v) is 7.64. The van der Waals surface area contributed by atoms with Crippen LogP contribution in [0.2, 0.25) is 0 Å². The molecule has 0 amide bonds. The summed E-state index contributed by atoms with van der Waals surface area (Å²) in [6.45, 7) is 2.81. The SMILES string of the molecule is Cc1ccc(N2C=CC=NC2)cc1. The van der Waals surface area contributed by atoms with Gasteiger partial charge in [-0.15, -0.1) is 0 Å². The summed E-state index contributed by atoms with van der Waals surface area (Å²) >= 11 is 0. The van der Waals surface area contributed by atoms with E-state index in [1.54, 1.807) is 0 Å². The third-order valence-corrected chi connectivity index (χ3v) is 2.06. The van der Waals surface area contributed by atoms with Crippen LogP contribution in [0, 0.1) is 6.92 Å². The van der Waals surface area contributed by atoms with E-state index in [2.05, 4.69) is 41.1 Å². The molecule has 0 spiro atoms. The van der Waals surface area contributed by atoms with E-state index in [1.807, 2.05) is 18.5 Å². The third kappa shape index (κ3) is 1.78. The van der Waals surface area contributed by atoms with Gasteiger partial charge in [0.15, 0.2) is 0 Å². The molecule has 1 aliphatic heterocycles. The summed E-state index contributed by atoms with van der Waals surface area (Å²) in [5, 5.41) is 0. The summed E-state index contributed by atoms with van der Waals surface area (Å²) in [5.74, 6) is 0. The molecule has 0 fully saturated rings. The lowest BCUT2D eigenvalue weighted by Gasteiger charge is -2.19. The Morgan fingerprint density at radius 2 is 2.00 bits per heavy atom. The zero-order valence-electron chi connectivity index (χ0n) is 7.64. The number of aryl methyl sites for hydroxylation is 1. The van der Waals surface area contributed by atoms with Crippen LogP contribution in [0.1, 0.15) is 5.56 Å². The smallest absolute Gasteiger partial charge is 0.114 e. The van der Waals surface area contributed by atoms with E-state index in [0.29, 0.717) is 0 Å². The number of hydrogen-bond donors (Lipinski definition) is 0. The molecule has 0 unspecified atom stereocenters. The highest BCUT2D eigenvalue weighted by molar-refractivity contribution is 5.74. The maximum atomic E-state index is 4.17. The Morgan fingerprint density at radius 3 is 2.62 bits per heavy atom. The quantitative estimate of drug-likeness (QED) is 0.635. The van der Waals surface area contributed by atoms with Gasteiger partial charge in [-0.3, -0.25) is 4.99 Å². The van der Waals surface area contributed by atoms with Crippen molar-refractivity contribution in [2.24, 2.45) is 4.99 Å². The number of allylic oxidation sites excluding steroid dienone is 1. The maximum Gasteiger partial charge on any atom is 0.114 e. The number of aliphatic imine (C=N–C) groups is 1. The average Bonchev–Trinajstić information content (AvgIpc) is 2.20. The fourth-order valence-electron chi connectivity index (χ4n) is 1.29. The Bertz CT molecular complexity index is 336. The van der Waals surface area contributed by atoms with Crippen molar-refractivity contribution in [1.29, 1.82) is 0 Å². The molecular weight excluding hydrogens is 160 g/mol. The third-order valence-electron chi connectivity index (χ3n) is 2.06. The Morgan fingerprint density at radius 1 is 1.23 bits per heavy atom. The van der Waals surface area contributed by atoms with E-state index in [0.717, 1.165) is 6.67 Å². The van der Waals surface area contributed by atoms with Crippen LogP contribution >= 0.6 is 0 Å². The van der Waals surface area contributed by atoms with Crippen LogP contribution in [0.4, 0.5) is 5.69 Å². The Hall–Kier alpha value is -1.57. The summed E-state index contributed by atoms with van der Waals surface area (Å²) in [6, 6.07) is 8.45. The summed E-state index contributed by atoms with van der Waals surface area (Å²) in [6.07, 6.45) is 5.81. The highest BCUT2D eigenvalue weighted by Gasteiger charge is 2.02. The molecule has 0 aromatic heterocycles. The molecule has 0 aliphatic carbocycles. The minimum Gasteiger partial charge on any atom is -0.328 e. The first-order valence-corrected chi connectivity index (χ1v) is 4.36. The van der Waals surface area contributed by atoms with Crippen molar-refractivity contribution in [2.45, 2.75) is 6.92 Å². The molecule has 0 bridgehead atoms. The van der Waals surface area contributed by atoms with Crippen molar-refractivity contribution in [2.75, 3.05) is 11.6 Å². The Balaban J connectivity index is 2.21. The van der Waals surface area contributed by atoms with Gasteiger partial charge in [-0.05, 0) is 25.1 Å². The lowest BCUT2D eigenvalue weighted by molar-refractivity contribution is 0.970. The molecule has 1 aliphatic rings. The zero-order chi connectivity index (χ0) is 9.10. The van der Waals surface area contributed by atoms with Crippen molar-refractivity contribution in [1.82, 2.24) is 0 Å². The molecule has 13 heavy (non-hydrogen) atoms. The number of rotatable bonds is 1. The Kier molecular flexibility index (Phi) is 2.13. The van der Waals surface area contributed by atoms with Gasteiger partial charge in [-0.1, -0.05) is 17.7 Å². The average molecular weight is 172 g/mol. The molecule has 66 valence electrons. The van der Waals surface area contributed by atoms with Crippen LogP contribution in [-0.2, 0) is 0 Å². The lowest BCUT2D eigenvalue weighted by Crippen LogP contribution is -2.18. The van der Waals surface area contributed by atoms with Crippen LogP contribution in [0.15, 0.2) is 41.5 Å². The molecule has 0 saturated carbocycles. The number of anilines is 1. The summed E-state index contributed by atoms with van der Waals surface area (Å²) in [7, 11) is 0. The van der Waals surface area contributed by atoms with E-state index in [-0.39, 0.29) is 0 Å². The van der Waals surface area contributed by atoms with Gasteiger partial charge in [-0.2, -0.15) is 0 Å². The van der Waals surface area contributed by atoms with Crippen molar-refractivity contribution >= 4 is 11.9 Å². The lowest BCUT2D eigenvalue weighted by atomic mass is 10.2. The van der Waals surface area contributed by atoms with Crippen LogP contribution in [-0.4, -0.2) is 12.9 Å². The molecule has 0 saturated heterocycles. The second kappa shape index (κ2) is 3.44. The van der Waals surface area contributed by atoms with Gasteiger partial charge < -0.3 is 4.90 Å². The van der Waals surface area contributed by atoms with Crippen molar-refractivity contribution < 1.29 is 0 Å². The van der Waals surface area contributed by atoms with E-state index >= 15 is 0 Å². The van der Waals surface area contributed by atoms with Gasteiger partial charge in [0.1, 0.15) is 6.67 Å². The summed E-state index contributed by atoms with van der Waals surface area (Å²) < 4.78 is 0. The molecule has 1 aromatic rings. The van der Waals surface area contributed by atoms with E-state index in [9.17, 15) is 0 Å². The standard InChI is InChI=1S/C11H12N2/c1-10-3-5-11(6-4-10)13-8-2-7-12-9-13/h2-8H,9H2,1H3. The second-order valence-electron chi connectivity index (χ2n) is 3.12. The van der Waals surface area contributed by atoms with Gasteiger partial charge in [0, 0.05) is 18.1 Å². The normalized spacial score (nSPS) is 15.0. The summed E-state index contributed by atoms with van der Waals surface area (Å²) in [5.41, 5.74) is 2.48. The molecule has 2 rings (SSSR count). The summed E-state index contributed by atoms with van der Waals surface area (Å²) in [4.78, 5) is 6.28. The fraction of sp³-hybridized carbons (Fsp3) is 0.182. The van der Waals surface area contributed by atoms with Crippen molar-refractivity contribution in [3.05, 3.63) is 42.1 Å². The van der Waals surface area contributed by atoms with E-state index < -0.39 is 0 Å². The first-order chi connectivity index (χ1) is 6.36. The largest absolute Gasteiger partial charge is 0.328 e. The molecule has 2 nitrogen and oxygen atoms in total. The fourth-order valence-corrected chi connectivity index (χ4v) is 1.29. The van der Waals surface area contributed by atoms with E-state index in [4.69, 9.17) is 0 Å². The van der Waals surface area contributed by atoms with Gasteiger partial charge in [0.2, 0.25) is 0 Å². The predicted octanol–water partition coefficient (Wildman–Crippen LogP) is 2.36. The van der Waals surface area contributed by atoms with Crippen LogP contribution in [0.3, 0.4) is 0 Å². The molecular formula is C11H12N2. The first kappa shape index (κ1) is 8.05. The Labute approximate surface area is 78.2 Å². The topological polar surface area (TPSA) is 15.6 Å². The molecule has 2 heteroatoms. The predicted molar refractivity (Wildman–Crippen MR) is 56.2 cm³/mol. The van der Waals surface area contributed by atoms with Crippen molar-refractivity contribution in [3.63, 3.8) is 0 Å². The number of benzene rings is 1. The second-order valence-corrected chi connectivity index (χ2v) is 3.12. The van der Waals surface area contributed by atoms with Gasteiger partial charge in [0.25, 0.3) is 0 Å². The highest BCUT2D eigenvalue weighted by Crippen LogP contribution is 2.16. The minimum atomic E-state index is 0.722. The molecule has 0 atom stereocenters. The van der Waals surface area contributed by atoms with Crippen LogP contribution in [0.5, 0.6) is 0 Å². The monoisotopic (exact) mass is 172 g/mol.